The van der Waals surface area contributed by atoms with Crippen LogP contribution in [0.25, 0.3) is 0 Å². The van der Waals surface area contributed by atoms with E-state index in [1.54, 1.807) is 43.3 Å². The third-order valence-electron chi connectivity index (χ3n) is 6.32. The number of benzene rings is 3. The number of carbonyl (C=O) groups excluding carboxylic acids is 2. The molecule has 11 heteroatoms. The number of ether oxygens (including phenoxy) is 1. The van der Waals surface area contributed by atoms with E-state index in [4.69, 9.17) is 4.74 Å². The molecule has 0 fully saturated rings. The predicted octanol–water partition coefficient (Wildman–Crippen LogP) is 5.71. The number of carbonyl (C=O) groups is 2. The molecule has 8 nitrogen and oxygen atoms in total. The summed E-state index contributed by atoms with van der Waals surface area (Å²) < 4.78 is 35.4. The quantitative estimate of drug-likeness (QED) is 0.223. The first-order chi connectivity index (χ1) is 19.6. The summed E-state index contributed by atoms with van der Waals surface area (Å²) in [4.78, 5) is 29.4. The highest BCUT2D eigenvalue weighted by Crippen LogP contribution is 2.28. The minimum Gasteiger partial charge on any atom is -0.494 e. The lowest BCUT2D eigenvalue weighted by molar-refractivity contribution is -0.139. The molecule has 0 heterocycles. The van der Waals surface area contributed by atoms with Crippen LogP contribution < -0.4 is 14.4 Å². The summed E-state index contributed by atoms with van der Waals surface area (Å²) in [5.41, 5.74) is 1.10. The van der Waals surface area contributed by atoms with Crippen LogP contribution in [0, 0.1) is 0 Å². The minimum absolute atomic E-state index is 0.0595. The highest BCUT2D eigenvalue weighted by atomic mass is 79.9. The van der Waals surface area contributed by atoms with Gasteiger partial charge in [0.2, 0.25) is 11.8 Å². The molecule has 0 radical (unpaired) electrons. The van der Waals surface area contributed by atoms with Gasteiger partial charge in [0.25, 0.3) is 10.0 Å². The van der Waals surface area contributed by atoms with Crippen LogP contribution in [-0.2, 0) is 26.2 Å². The Morgan fingerprint density at radius 2 is 1.71 bits per heavy atom. The van der Waals surface area contributed by atoms with E-state index in [-0.39, 0.29) is 17.3 Å². The average molecular weight is 663 g/mol. The lowest BCUT2D eigenvalue weighted by Gasteiger charge is -2.32. The topological polar surface area (TPSA) is 96.0 Å². The number of sulfonamides is 1. The third kappa shape index (κ3) is 8.73. The van der Waals surface area contributed by atoms with Gasteiger partial charge in [0.05, 0.1) is 17.2 Å². The third-order valence-corrected chi connectivity index (χ3v) is 9.35. The van der Waals surface area contributed by atoms with Crippen LogP contribution >= 0.6 is 27.7 Å². The number of hydrogen-bond donors (Lipinski definition) is 1. The number of rotatable bonds is 14. The first-order valence-electron chi connectivity index (χ1n) is 13.3. The van der Waals surface area contributed by atoms with Crippen LogP contribution in [0.5, 0.6) is 5.75 Å². The average Bonchev–Trinajstić information content (AvgIpc) is 2.97. The number of halogens is 1. The van der Waals surface area contributed by atoms with Gasteiger partial charge >= 0.3 is 0 Å². The van der Waals surface area contributed by atoms with E-state index in [0.29, 0.717) is 24.6 Å². The fraction of sp³-hybridized carbons (Fsp3) is 0.333. The Balaban J connectivity index is 2.03. The van der Waals surface area contributed by atoms with Gasteiger partial charge in [0.15, 0.2) is 0 Å². The highest BCUT2D eigenvalue weighted by molar-refractivity contribution is 9.10. The van der Waals surface area contributed by atoms with Crippen molar-refractivity contribution in [3.8, 4) is 5.75 Å². The first-order valence-corrected chi connectivity index (χ1v) is 16.8. The molecule has 2 amide bonds. The van der Waals surface area contributed by atoms with Crippen molar-refractivity contribution in [1.29, 1.82) is 0 Å². The summed E-state index contributed by atoms with van der Waals surface area (Å²) in [7, 11) is -4.14. The van der Waals surface area contributed by atoms with E-state index < -0.39 is 28.5 Å². The molecule has 0 bridgehead atoms. The lowest BCUT2D eigenvalue weighted by atomic mass is 10.1. The summed E-state index contributed by atoms with van der Waals surface area (Å²) in [6.07, 6.45) is 2.66. The van der Waals surface area contributed by atoms with E-state index in [9.17, 15) is 18.0 Å². The largest absolute Gasteiger partial charge is 0.494 e. The van der Waals surface area contributed by atoms with Gasteiger partial charge in [-0.1, -0.05) is 35.0 Å². The molecule has 3 rings (SSSR count). The molecule has 0 aromatic heterocycles. The second kappa shape index (κ2) is 15.3. The van der Waals surface area contributed by atoms with Crippen LogP contribution in [0.2, 0.25) is 0 Å². The number of amides is 2. The Labute approximate surface area is 255 Å². The normalized spacial score (nSPS) is 11.9. The Morgan fingerprint density at radius 3 is 2.29 bits per heavy atom. The minimum atomic E-state index is -4.14. The first kappa shape index (κ1) is 32.5. The number of thioether (sulfide) groups is 1. The summed E-state index contributed by atoms with van der Waals surface area (Å²) >= 11 is 4.96. The van der Waals surface area contributed by atoms with E-state index in [1.165, 1.54) is 28.8 Å². The van der Waals surface area contributed by atoms with Crippen molar-refractivity contribution >= 4 is 55.2 Å². The fourth-order valence-corrected chi connectivity index (χ4v) is 6.36. The molecule has 0 aliphatic heterocycles. The maximum Gasteiger partial charge on any atom is 0.264 e. The van der Waals surface area contributed by atoms with Crippen LogP contribution in [0.3, 0.4) is 0 Å². The summed E-state index contributed by atoms with van der Waals surface area (Å²) in [6.45, 7) is 6.02. The molecular weight excluding hydrogens is 626 g/mol. The van der Waals surface area contributed by atoms with Gasteiger partial charge in [0, 0.05) is 22.5 Å². The van der Waals surface area contributed by atoms with Gasteiger partial charge in [-0.3, -0.25) is 13.9 Å². The van der Waals surface area contributed by atoms with E-state index in [1.807, 2.05) is 44.4 Å². The Hall–Kier alpha value is -3.02. The van der Waals surface area contributed by atoms with Crippen molar-refractivity contribution in [2.45, 2.75) is 49.6 Å². The molecule has 0 spiro atoms. The zero-order valence-corrected chi connectivity index (χ0v) is 26.9. The van der Waals surface area contributed by atoms with Crippen LogP contribution in [0.1, 0.15) is 32.8 Å². The Bertz CT molecular complexity index is 1420. The summed E-state index contributed by atoms with van der Waals surface area (Å²) in [5, 5.41) is 2.84. The number of hydrogen-bond acceptors (Lipinski definition) is 6. The molecule has 0 saturated heterocycles. The van der Waals surface area contributed by atoms with Crippen molar-refractivity contribution < 1.29 is 22.7 Å². The van der Waals surface area contributed by atoms with Crippen LogP contribution in [0.15, 0.2) is 87.1 Å². The van der Waals surface area contributed by atoms with E-state index in [2.05, 4.69) is 21.2 Å². The lowest BCUT2D eigenvalue weighted by Crippen LogP contribution is -2.51. The van der Waals surface area contributed by atoms with Gasteiger partial charge in [0.1, 0.15) is 18.3 Å². The van der Waals surface area contributed by atoms with Gasteiger partial charge in [-0.15, -0.1) is 11.8 Å². The highest BCUT2D eigenvalue weighted by Gasteiger charge is 2.32. The van der Waals surface area contributed by atoms with E-state index >= 15 is 0 Å². The molecule has 1 N–H and O–H groups in total. The molecule has 1 atom stereocenters. The monoisotopic (exact) mass is 661 g/mol. The standard InChI is InChI=1S/C30H36BrN3O5S2/c1-5-18-32-30(36)22(3)33(20-23-8-7-9-24(31)19-23)29(35)21-34(25-10-12-26(13-11-25)39-6-2)41(37,38)28-16-14-27(40-4)15-17-28/h7-17,19,22H,5-6,18,20-21H2,1-4H3,(H,32,36)/t22-/m1/s1. The molecule has 41 heavy (non-hydrogen) atoms. The molecule has 220 valence electrons. The van der Waals surface area contributed by atoms with Crippen molar-refractivity contribution in [3.63, 3.8) is 0 Å². The second-order valence-corrected chi connectivity index (χ2v) is 12.9. The zero-order chi connectivity index (χ0) is 30.0. The Kier molecular flexibility index (Phi) is 12.1. The molecule has 0 saturated carbocycles. The van der Waals surface area contributed by atoms with Crippen LogP contribution in [-0.4, -0.2) is 57.1 Å². The van der Waals surface area contributed by atoms with Gasteiger partial charge in [-0.05, 0) is 92.8 Å². The zero-order valence-electron chi connectivity index (χ0n) is 23.7. The number of nitrogens with zero attached hydrogens (tertiary/aromatic N) is 2. The van der Waals surface area contributed by atoms with Crippen molar-refractivity contribution in [2.75, 3.05) is 30.3 Å². The summed E-state index contributed by atoms with van der Waals surface area (Å²) in [5.74, 6) is -0.234. The maximum atomic E-state index is 14.0. The molecule has 0 aliphatic rings. The second-order valence-electron chi connectivity index (χ2n) is 9.23. The van der Waals surface area contributed by atoms with Gasteiger partial charge < -0.3 is 15.0 Å². The maximum absolute atomic E-state index is 14.0. The predicted molar refractivity (Wildman–Crippen MR) is 168 cm³/mol. The number of nitrogens with one attached hydrogen (secondary N) is 1. The van der Waals surface area contributed by atoms with Crippen LogP contribution in [0.4, 0.5) is 5.69 Å². The van der Waals surface area contributed by atoms with E-state index in [0.717, 1.165) is 25.7 Å². The fourth-order valence-electron chi connectivity index (χ4n) is 4.09. The summed E-state index contributed by atoms with van der Waals surface area (Å²) in [6, 6.07) is 19.7. The molecule has 0 unspecified atom stereocenters. The molecule has 0 aliphatic carbocycles. The van der Waals surface area contributed by atoms with Gasteiger partial charge in [-0.2, -0.15) is 0 Å². The van der Waals surface area contributed by atoms with Crippen molar-refractivity contribution in [1.82, 2.24) is 10.2 Å². The van der Waals surface area contributed by atoms with Gasteiger partial charge in [-0.25, -0.2) is 8.42 Å². The van der Waals surface area contributed by atoms with Crippen molar-refractivity contribution in [3.05, 3.63) is 82.8 Å². The molecule has 3 aromatic rings. The van der Waals surface area contributed by atoms with Crippen molar-refractivity contribution in [2.24, 2.45) is 0 Å². The molecular formula is C30H36BrN3O5S2. The Morgan fingerprint density at radius 1 is 1.02 bits per heavy atom. The SMILES string of the molecule is CCCNC(=O)[C@@H](C)N(Cc1cccc(Br)c1)C(=O)CN(c1ccc(OCC)cc1)S(=O)(=O)c1ccc(SC)cc1. The molecule has 3 aromatic carbocycles. The smallest absolute Gasteiger partial charge is 0.264 e. The number of anilines is 1.